The fraction of sp³-hybridized carbons (Fsp3) is 0.917. The van der Waals surface area contributed by atoms with Crippen molar-refractivity contribution in [3.63, 3.8) is 0 Å². The molecule has 2 aliphatic carbocycles. The molecule has 182 valence electrons. The van der Waals surface area contributed by atoms with Crippen molar-refractivity contribution < 1.29 is 24.5 Å². The summed E-state index contributed by atoms with van der Waals surface area (Å²) in [5, 5.41) is 24.7. The Hall–Kier alpha value is -1.34. The minimum atomic E-state index is -1.14. The molecule has 0 aliphatic heterocycles. The van der Waals surface area contributed by atoms with Crippen LogP contribution in [-0.4, -0.2) is 52.1 Å². The van der Waals surface area contributed by atoms with E-state index in [1.807, 2.05) is 0 Å². The number of aliphatic carboxylic acids is 1. The maximum atomic E-state index is 11.6. The first kappa shape index (κ1) is 27.7. The zero-order valence-corrected chi connectivity index (χ0v) is 20.3. The molecule has 2 rings (SSSR count). The lowest BCUT2D eigenvalue weighted by Gasteiger charge is -2.30. The van der Waals surface area contributed by atoms with E-state index < -0.39 is 36.2 Å². The summed E-state index contributed by atoms with van der Waals surface area (Å²) in [4.78, 5) is 22.1. The number of nitrogens with one attached hydrogen (secondary N) is 2. The molecule has 0 spiro atoms. The van der Waals surface area contributed by atoms with Crippen LogP contribution < -0.4 is 10.6 Å². The summed E-state index contributed by atoms with van der Waals surface area (Å²) in [5.74, 6) is -1.22. The van der Waals surface area contributed by atoms with Crippen molar-refractivity contribution in [1.29, 1.82) is 0 Å². The SMILES string of the molecule is C1CCC(NC2CCCCC2)CC1.CC(C)C(NC(=O)OC(C)(C)C)[C@@H](O)CC(=O)O. The molecule has 1 unspecified atom stereocenters. The molecular formula is C24H46N2O5. The Balaban J connectivity index is 0.000000323. The van der Waals surface area contributed by atoms with Gasteiger partial charge in [0.05, 0.1) is 18.6 Å². The first-order valence-corrected chi connectivity index (χ1v) is 12.1. The van der Waals surface area contributed by atoms with Crippen molar-refractivity contribution in [3.05, 3.63) is 0 Å². The summed E-state index contributed by atoms with van der Waals surface area (Å²) >= 11 is 0. The molecule has 2 atom stereocenters. The number of aliphatic hydroxyl groups excluding tert-OH is 1. The number of carboxylic acid groups (broad SMARTS) is 1. The third-order valence-electron chi connectivity index (χ3n) is 5.88. The first-order valence-electron chi connectivity index (χ1n) is 12.1. The zero-order chi connectivity index (χ0) is 23.4. The number of ether oxygens (including phenoxy) is 1. The van der Waals surface area contributed by atoms with E-state index in [4.69, 9.17) is 9.84 Å². The van der Waals surface area contributed by atoms with Crippen molar-refractivity contribution in [2.45, 2.75) is 135 Å². The zero-order valence-electron chi connectivity index (χ0n) is 20.3. The van der Waals surface area contributed by atoms with Gasteiger partial charge in [-0.05, 0) is 52.4 Å². The molecular weight excluding hydrogens is 396 g/mol. The molecule has 7 nitrogen and oxygen atoms in total. The first-order chi connectivity index (χ1) is 14.5. The van der Waals surface area contributed by atoms with Gasteiger partial charge in [-0.2, -0.15) is 0 Å². The van der Waals surface area contributed by atoms with Gasteiger partial charge in [0, 0.05) is 12.1 Å². The van der Waals surface area contributed by atoms with Crippen molar-refractivity contribution >= 4 is 12.1 Å². The van der Waals surface area contributed by atoms with E-state index >= 15 is 0 Å². The molecule has 0 aromatic heterocycles. The third-order valence-corrected chi connectivity index (χ3v) is 5.88. The van der Waals surface area contributed by atoms with E-state index in [1.54, 1.807) is 34.6 Å². The Morgan fingerprint density at radius 2 is 1.39 bits per heavy atom. The molecule has 7 heteroatoms. The molecule has 0 radical (unpaired) electrons. The highest BCUT2D eigenvalue weighted by Crippen LogP contribution is 2.22. The van der Waals surface area contributed by atoms with Gasteiger partial charge in [-0.1, -0.05) is 52.4 Å². The second-order valence-corrected chi connectivity index (χ2v) is 10.4. The number of hydrogen-bond acceptors (Lipinski definition) is 5. The van der Waals surface area contributed by atoms with Crippen LogP contribution >= 0.6 is 0 Å². The minimum absolute atomic E-state index is 0.105. The maximum Gasteiger partial charge on any atom is 0.407 e. The van der Waals surface area contributed by atoms with Gasteiger partial charge in [0.2, 0.25) is 0 Å². The Morgan fingerprint density at radius 3 is 1.74 bits per heavy atom. The van der Waals surface area contributed by atoms with Crippen LogP contribution in [0.3, 0.4) is 0 Å². The second-order valence-electron chi connectivity index (χ2n) is 10.4. The number of amides is 1. The van der Waals surface area contributed by atoms with Crippen molar-refractivity contribution in [2.75, 3.05) is 0 Å². The normalized spacial score (nSPS) is 20.4. The molecule has 4 N–H and O–H groups in total. The largest absolute Gasteiger partial charge is 0.481 e. The van der Waals surface area contributed by atoms with E-state index in [0.717, 1.165) is 12.1 Å². The molecule has 0 bridgehead atoms. The molecule has 0 heterocycles. The van der Waals surface area contributed by atoms with Crippen molar-refractivity contribution in [2.24, 2.45) is 5.92 Å². The number of rotatable bonds is 7. The summed E-state index contributed by atoms with van der Waals surface area (Å²) in [7, 11) is 0. The smallest absolute Gasteiger partial charge is 0.407 e. The summed E-state index contributed by atoms with van der Waals surface area (Å²) in [6.07, 6.45) is 12.3. The molecule has 2 fully saturated rings. The Morgan fingerprint density at radius 1 is 0.935 bits per heavy atom. The summed E-state index contributed by atoms with van der Waals surface area (Å²) in [6, 6.07) is 1.09. The standard InChI is InChI=1S/C12H23NO5.C12H23N/c1-7(2)10(8(14)6-9(15)16)13-11(17)18-12(3,4)5;1-3-7-11(8-4-1)13-12-9-5-2-6-10-12/h7-8,10,14H,6H2,1-5H3,(H,13,17)(H,15,16);11-13H,1-10H2/t8-,10?;/m0./s1. The van der Waals surface area contributed by atoms with Gasteiger partial charge in [0.25, 0.3) is 0 Å². The van der Waals surface area contributed by atoms with Crippen LogP contribution in [-0.2, 0) is 9.53 Å². The van der Waals surface area contributed by atoms with E-state index in [1.165, 1.54) is 64.2 Å². The van der Waals surface area contributed by atoms with Gasteiger partial charge < -0.3 is 25.6 Å². The number of carbonyl (C=O) groups is 2. The molecule has 2 saturated carbocycles. The van der Waals surface area contributed by atoms with Crippen LogP contribution in [0.25, 0.3) is 0 Å². The lowest BCUT2D eigenvalue weighted by molar-refractivity contribution is -0.139. The summed E-state index contributed by atoms with van der Waals surface area (Å²) in [6.45, 7) is 8.75. The average Bonchev–Trinajstić information content (AvgIpc) is 2.66. The van der Waals surface area contributed by atoms with Crippen LogP contribution in [0.15, 0.2) is 0 Å². The lowest BCUT2D eigenvalue weighted by Crippen LogP contribution is -2.49. The highest BCUT2D eigenvalue weighted by atomic mass is 16.6. The van der Waals surface area contributed by atoms with Crippen LogP contribution in [0, 0.1) is 5.92 Å². The quantitative estimate of drug-likeness (QED) is 0.458. The van der Waals surface area contributed by atoms with Gasteiger partial charge in [-0.15, -0.1) is 0 Å². The molecule has 31 heavy (non-hydrogen) atoms. The Labute approximate surface area is 188 Å². The van der Waals surface area contributed by atoms with Gasteiger partial charge >= 0.3 is 12.1 Å². The fourth-order valence-electron chi connectivity index (χ4n) is 4.33. The third kappa shape index (κ3) is 13.0. The molecule has 2 aliphatic rings. The van der Waals surface area contributed by atoms with Crippen LogP contribution in [0.5, 0.6) is 0 Å². The van der Waals surface area contributed by atoms with Gasteiger partial charge in [-0.25, -0.2) is 4.79 Å². The van der Waals surface area contributed by atoms with Crippen molar-refractivity contribution in [3.8, 4) is 0 Å². The number of carbonyl (C=O) groups excluding carboxylic acids is 1. The van der Waals surface area contributed by atoms with E-state index in [0.29, 0.717) is 0 Å². The predicted molar refractivity (Wildman–Crippen MR) is 123 cm³/mol. The van der Waals surface area contributed by atoms with E-state index in [-0.39, 0.29) is 5.92 Å². The lowest BCUT2D eigenvalue weighted by atomic mass is 9.91. The van der Waals surface area contributed by atoms with E-state index in [2.05, 4.69) is 10.6 Å². The van der Waals surface area contributed by atoms with Crippen LogP contribution in [0.4, 0.5) is 4.79 Å². The number of carboxylic acids is 1. The van der Waals surface area contributed by atoms with Crippen LogP contribution in [0.1, 0.15) is 105 Å². The maximum absolute atomic E-state index is 11.6. The predicted octanol–water partition coefficient (Wildman–Crippen LogP) is 4.61. The summed E-state index contributed by atoms with van der Waals surface area (Å²) < 4.78 is 5.06. The molecule has 0 aromatic rings. The van der Waals surface area contributed by atoms with Crippen molar-refractivity contribution in [1.82, 2.24) is 10.6 Å². The monoisotopic (exact) mass is 442 g/mol. The highest BCUT2D eigenvalue weighted by molar-refractivity contribution is 5.69. The number of alkyl carbamates (subject to hydrolysis) is 1. The second kappa shape index (κ2) is 13.9. The van der Waals surface area contributed by atoms with Gasteiger partial charge in [-0.3, -0.25) is 4.79 Å². The molecule has 1 amide bonds. The number of aliphatic hydroxyl groups is 1. The highest BCUT2D eigenvalue weighted by Gasteiger charge is 2.28. The summed E-state index contributed by atoms with van der Waals surface area (Å²) in [5.41, 5.74) is -0.636. The number of hydrogen-bond donors (Lipinski definition) is 4. The van der Waals surface area contributed by atoms with Gasteiger partial charge in [0.15, 0.2) is 0 Å². The minimum Gasteiger partial charge on any atom is -0.481 e. The van der Waals surface area contributed by atoms with Gasteiger partial charge in [0.1, 0.15) is 5.60 Å². The Bertz CT molecular complexity index is 505. The molecule has 0 aromatic carbocycles. The average molecular weight is 443 g/mol. The fourth-order valence-corrected chi connectivity index (χ4v) is 4.33. The van der Waals surface area contributed by atoms with E-state index in [9.17, 15) is 14.7 Å². The Kier molecular flexibility index (Phi) is 12.5. The topological polar surface area (TPSA) is 108 Å². The molecule has 0 saturated heterocycles. The van der Waals surface area contributed by atoms with Crippen LogP contribution in [0.2, 0.25) is 0 Å².